The zero-order valence-corrected chi connectivity index (χ0v) is 69.2. The average Bonchev–Trinajstić information content (AvgIpc) is 4.21. The van der Waals surface area contributed by atoms with E-state index in [1.165, 1.54) is 32.1 Å². The molecule has 2 aliphatic rings. The Morgan fingerprint density at radius 1 is 0.471 bits per heavy atom. The van der Waals surface area contributed by atoms with Crippen LogP contribution >= 0.6 is 0 Å². The van der Waals surface area contributed by atoms with Gasteiger partial charge in [-0.05, 0) is 253 Å². The van der Waals surface area contributed by atoms with Gasteiger partial charge in [0.25, 0.3) is 0 Å². The molecule has 0 heterocycles. The Labute approximate surface area is 554 Å². The Hall–Kier alpha value is -0.680. The lowest BCUT2D eigenvalue weighted by Crippen LogP contribution is -2.29. The van der Waals surface area contributed by atoms with Crippen LogP contribution in [0.3, 0.4) is 0 Å². The van der Waals surface area contributed by atoms with Gasteiger partial charge in [-0.2, -0.15) is 0 Å². The van der Waals surface area contributed by atoms with Crippen LogP contribution in [0.15, 0.2) is 0 Å². The van der Waals surface area contributed by atoms with Crippen molar-refractivity contribution in [2.24, 2.45) is 5.92 Å². The third kappa shape index (κ3) is 254. The number of hydrogen-bond acceptors (Lipinski definition) is 17. The van der Waals surface area contributed by atoms with E-state index in [1.54, 1.807) is 56.9 Å². The Morgan fingerprint density at radius 3 is 0.736 bits per heavy atom. The van der Waals surface area contributed by atoms with Crippen LogP contribution in [-0.2, 0) is 37.9 Å². The number of hydrogen-bond donors (Lipinski definition) is 5. The van der Waals surface area contributed by atoms with Gasteiger partial charge in [-0.15, -0.1) is 0 Å². The smallest absolute Gasteiger partial charge is 0.0652 e. The molecule has 0 radical (unpaired) electrons. The molecule has 2 saturated carbocycles. The topological polar surface area (TPSA) is 147 Å². The monoisotopic (exact) mass is 1270 g/mol. The summed E-state index contributed by atoms with van der Waals surface area (Å²) in [5.74, 6) is 0.923. The van der Waals surface area contributed by atoms with Crippen molar-refractivity contribution in [1.82, 2.24) is 46.2 Å². The summed E-state index contributed by atoms with van der Waals surface area (Å²) in [7, 11) is 41.7. The summed E-state index contributed by atoms with van der Waals surface area (Å²) in [5.41, 5.74) is 0.292. The first-order valence-electron chi connectivity index (χ1n) is 33.0. The first-order valence-corrected chi connectivity index (χ1v) is 33.0. The van der Waals surface area contributed by atoms with Crippen LogP contribution in [0.25, 0.3) is 0 Å². The lowest BCUT2D eigenvalue weighted by atomic mass is 9.84. The zero-order chi connectivity index (χ0) is 73.1. The maximum Gasteiger partial charge on any atom is 0.0652 e. The van der Waals surface area contributed by atoms with Gasteiger partial charge in [0.2, 0.25) is 0 Å². The highest BCUT2D eigenvalue weighted by Gasteiger charge is 2.36. The average molecular weight is 1280 g/mol. The molecule has 2 aliphatic carbocycles. The molecular weight excluding hydrogens is 1090 g/mol. The zero-order valence-electron chi connectivity index (χ0n) is 69.2. The summed E-state index contributed by atoms with van der Waals surface area (Å²) in [6.07, 6.45) is 9.18. The van der Waals surface area contributed by atoms with E-state index in [2.05, 4.69) is 218 Å². The fourth-order valence-electron chi connectivity index (χ4n) is 1.99. The van der Waals surface area contributed by atoms with E-state index in [0.717, 1.165) is 45.2 Å². The van der Waals surface area contributed by atoms with Crippen LogP contribution in [-0.4, -0.2) is 274 Å². The van der Waals surface area contributed by atoms with E-state index in [4.69, 9.17) is 28.4 Å². The third-order valence-corrected chi connectivity index (χ3v) is 11.2. The lowest BCUT2D eigenvalue weighted by molar-refractivity contribution is -0.0189. The Bertz CT molecular complexity index is 855. The van der Waals surface area contributed by atoms with Gasteiger partial charge in [0.05, 0.1) is 30.0 Å². The molecule has 0 aromatic heterocycles. The fraction of sp³-hybridized carbons (Fsp3) is 1.00. The van der Waals surface area contributed by atoms with Gasteiger partial charge in [0.1, 0.15) is 0 Å². The summed E-state index contributed by atoms with van der Waals surface area (Å²) < 4.78 is 38.1. The summed E-state index contributed by atoms with van der Waals surface area (Å²) in [6, 6.07) is 3.96. The molecule has 0 amide bonds. The Morgan fingerprint density at radius 2 is 0.701 bits per heavy atom. The number of nitrogens with one attached hydrogen (secondary N) is 5. The minimum atomic E-state index is 0.292. The molecule has 5 N–H and O–H groups in total. The SMILES string of the molecule is CC(C)N(C)C.CC(C)N(C)C.CCC(C)NC.CCCOC.CCN(C)C.CCNC.CCOC.CCOC1CC(C)C1.CN(C)C.CNC(C)C.CNC(C)C.CNC(C)C.COC.COC(C)C.COC(C)C.COC(C)C.COC1(C)CC1. The maximum atomic E-state index is 5.35. The minimum Gasteiger partial charge on any atom is -0.388 e. The van der Waals surface area contributed by atoms with Gasteiger partial charge < -0.3 is 84.1 Å². The molecule has 0 aromatic carbocycles. The van der Waals surface area contributed by atoms with Crippen LogP contribution in [0, 0.1) is 5.92 Å². The molecule has 1 atom stereocenters. The van der Waals surface area contributed by atoms with Gasteiger partial charge in [-0.25, -0.2) is 0 Å². The molecule has 1 unspecified atom stereocenters. The summed E-state index contributed by atoms with van der Waals surface area (Å²) in [6.45, 7) is 57.2. The summed E-state index contributed by atoms with van der Waals surface area (Å²) in [5, 5.41) is 15.1. The summed E-state index contributed by atoms with van der Waals surface area (Å²) >= 11 is 0. The Kier molecular flexibility index (Phi) is 156. The maximum absolute atomic E-state index is 5.35. The van der Waals surface area contributed by atoms with Crippen LogP contribution in [0.4, 0.5) is 0 Å². The molecular formula is C70H179N9O8. The van der Waals surface area contributed by atoms with Gasteiger partial charge >= 0.3 is 0 Å². The van der Waals surface area contributed by atoms with Gasteiger partial charge in [-0.1, -0.05) is 76.2 Å². The van der Waals surface area contributed by atoms with Gasteiger partial charge in [0, 0.05) is 113 Å². The second kappa shape index (κ2) is 110. The van der Waals surface area contributed by atoms with E-state index in [9.17, 15) is 0 Å². The Balaban J connectivity index is -0.0000000489. The van der Waals surface area contributed by atoms with E-state index in [-0.39, 0.29) is 0 Å². The molecule has 2 rings (SSSR count). The van der Waals surface area contributed by atoms with Crippen molar-refractivity contribution >= 4 is 0 Å². The molecule has 552 valence electrons. The van der Waals surface area contributed by atoms with E-state index < -0.39 is 0 Å². The van der Waals surface area contributed by atoms with Crippen molar-refractivity contribution in [3.8, 4) is 0 Å². The molecule has 17 nitrogen and oxygen atoms in total. The first-order chi connectivity index (χ1) is 40.0. The molecule has 87 heavy (non-hydrogen) atoms. The quantitative estimate of drug-likeness (QED) is 0.0886. The van der Waals surface area contributed by atoms with Gasteiger partial charge in [0.15, 0.2) is 0 Å². The highest BCUT2D eigenvalue weighted by atomic mass is 16.5. The fourth-order valence-corrected chi connectivity index (χ4v) is 1.99. The molecule has 2 fully saturated rings. The van der Waals surface area contributed by atoms with Crippen molar-refractivity contribution in [2.45, 2.75) is 278 Å². The predicted octanol–water partition coefficient (Wildman–Crippen LogP) is 13.8. The van der Waals surface area contributed by atoms with Crippen LogP contribution in [0.5, 0.6) is 0 Å². The van der Waals surface area contributed by atoms with Crippen molar-refractivity contribution in [3.63, 3.8) is 0 Å². The number of nitrogens with zero attached hydrogens (tertiary/aromatic N) is 4. The third-order valence-electron chi connectivity index (χ3n) is 11.2. The highest BCUT2D eigenvalue weighted by molar-refractivity contribution is 4.89. The first kappa shape index (κ1) is 124. The molecule has 0 saturated heterocycles. The van der Waals surface area contributed by atoms with Crippen LogP contribution in [0.2, 0.25) is 0 Å². The van der Waals surface area contributed by atoms with Crippen molar-refractivity contribution in [3.05, 3.63) is 0 Å². The van der Waals surface area contributed by atoms with Crippen molar-refractivity contribution < 1.29 is 37.9 Å². The van der Waals surface area contributed by atoms with E-state index in [0.29, 0.717) is 66.3 Å². The van der Waals surface area contributed by atoms with E-state index in [1.807, 2.05) is 110 Å². The molecule has 0 aromatic rings. The van der Waals surface area contributed by atoms with Crippen LogP contribution in [0.1, 0.15) is 212 Å². The van der Waals surface area contributed by atoms with Crippen LogP contribution < -0.4 is 26.6 Å². The number of rotatable bonds is 18. The standard InChI is InChI=1S/C7H14O.3C5H13N.C5H10O.4C4H11N.4C4H10O.2C3H9N.C3H8O.C2H6O/c1-3-8-7-4-6(2)5-7;2*1-5(2)6(3)4;1-4-5(2)6-3;1-5(6-2)3-4-5;1-4-5(2)3;6*1-4(2)5-3;1-3-4-5-2;1-4(2)3;2*1-3-4-2;1-3-2/h6-7H,3-5H2,1-2H3;2*5H,1-4H3;5-6H,4H2,1-3H3;3-4H2,1-2H3;4H2,1-3H3;3*4-5H,1-3H3;3*4H,1-3H3;3-4H2,1-2H3;1-3H3;4H,3H2,1-2H3;3H2,1-2H3;1-2H3. The number of methoxy groups -OCH3 is 7. The minimum absolute atomic E-state index is 0.292. The van der Waals surface area contributed by atoms with E-state index >= 15 is 0 Å². The second-order valence-electron chi connectivity index (χ2n) is 24.1. The second-order valence-corrected chi connectivity index (χ2v) is 24.1. The molecule has 17 heteroatoms. The number of ether oxygens (including phenoxy) is 8. The molecule has 0 bridgehead atoms. The molecule has 0 spiro atoms. The lowest BCUT2D eigenvalue weighted by Gasteiger charge is -2.31. The van der Waals surface area contributed by atoms with Gasteiger partial charge in [-0.3, -0.25) is 0 Å². The largest absolute Gasteiger partial charge is 0.388 e. The highest BCUT2D eigenvalue weighted by Crippen LogP contribution is 2.37. The summed E-state index contributed by atoms with van der Waals surface area (Å²) in [4.78, 5) is 8.46. The van der Waals surface area contributed by atoms with Crippen molar-refractivity contribution in [1.29, 1.82) is 0 Å². The predicted molar refractivity (Wildman–Crippen MR) is 400 cm³/mol. The van der Waals surface area contributed by atoms with Crippen molar-refractivity contribution in [2.75, 3.05) is 188 Å². The molecule has 0 aliphatic heterocycles. The normalized spacial score (nSPS) is 13.4.